The molecule has 1 N–H and O–H groups in total. The first kappa shape index (κ1) is 16.7. The highest BCUT2D eigenvalue weighted by Gasteiger charge is 2.44. The molecule has 0 aromatic rings. The molecular formula is C11H21F3N2O2S. The Balaban J connectivity index is 0.000000861. The molecule has 0 spiro atoms. The topological polar surface area (TPSA) is 49.4 Å². The molecule has 2 unspecified atom stereocenters. The monoisotopic (exact) mass is 302 g/mol. The molecule has 0 radical (unpaired) electrons. The summed E-state index contributed by atoms with van der Waals surface area (Å²) in [5.74, 6) is -0.830. The summed E-state index contributed by atoms with van der Waals surface area (Å²) >= 11 is 0. The van der Waals surface area contributed by atoms with Gasteiger partial charge in [0.1, 0.15) is 0 Å². The lowest BCUT2D eigenvalue weighted by Gasteiger charge is -2.34. The van der Waals surface area contributed by atoms with Gasteiger partial charge in [0.15, 0.2) is 0 Å². The number of fused-ring (bicyclic) bond motifs is 2. The molecule has 0 aromatic carbocycles. The first-order valence-corrected chi connectivity index (χ1v) is 8.19. The third-order valence-corrected chi connectivity index (χ3v) is 5.24. The van der Waals surface area contributed by atoms with Crippen molar-refractivity contribution in [2.24, 2.45) is 0 Å². The van der Waals surface area contributed by atoms with Crippen LogP contribution in [0.2, 0.25) is 0 Å². The van der Waals surface area contributed by atoms with E-state index in [2.05, 4.69) is 5.32 Å². The van der Waals surface area contributed by atoms with Crippen LogP contribution in [0.15, 0.2) is 0 Å². The number of piperazine rings is 1. The molecule has 8 heteroatoms. The lowest BCUT2D eigenvalue weighted by atomic mass is 10.2. The maximum Gasteiger partial charge on any atom is 0.390 e. The standard InChI is InChI=1S/C9H15F3N2O2S.C2H6/c10-9(11,12)3-4-17(15,16)14-7-1-2-8(14)6-13-5-7;1-2/h7-8,13H,1-6H2;1-2H3. The predicted octanol–water partition coefficient (Wildman–Crippen LogP) is 1.73. The summed E-state index contributed by atoms with van der Waals surface area (Å²) < 4.78 is 61.3. The molecule has 4 nitrogen and oxygen atoms in total. The van der Waals surface area contributed by atoms with Gasteiger partial charge in [0.2, 0.25) is 10.0 Å². The van der Waals surface area contributed by atoms with Crippen LogP contribution in [0.3, 0.4) is 0 Å². The highest BCUT2D eigenvalue weighted by molar-refractivity contribution is 7.89. The van der Waals surface area contributed by atoms with Gasteiger partial charge in [-0.25, -0.2) is 8.42 Å². The molecule has 19 heavy (non-hydrogen) atoms. The van der Waals surface area contributed by atoms with Crippen molar-refractivity contribution >= 4 is 10.0 Å². The van der Waals surface area contributed by atoms with Crippen LogP contribution in [0, 0.1) is 0 Å². The largest absolute Gasteiger partial charge is 0.390 e. The second kappa shape index (κ2) is 6.41. The summed E-state index contributed by atoms with van der Waals surface area (Å²) in [5.41, 5.74) is 0. The molecule has 0 saturated carbocycles. The Kier molecular flexibility index (Phi) is 5.64. The van der Waals surface area contributed by atoms with Gasteiger partial charge in [0.25, 0.3) is 0 Å². The molecule has 2 aliphatic rings. The highest BCUT2D eigenvalue weighted by Crippen LogP contribution is 2.31. The number of nitrogens with one attached hydrogen (secondary N) is 1. The lowest BCUT2D eigenvalue weighted by Crippen LogP contribution is -2.54. The summed E-state index contributed by atoms with van der Waals surface area (Å²) in [4.78, 5) is 0. The van der Waals surface area contributed by atoms with Crippen molar-refractivity contribution in [3.8, 4) is 0 Å². The van der Waals surface area contributed by atoms with Crippen LogP contribution in [-0.2, 0) is 10.0 Å². The molecule has 2 bridgehead atoms. The lowest BCUT2D eigenvalue weighted by molar-refractivity contribution is -0.130. The number of halogens is 3. The SMILES string of the molecule is CC.O=S(=O)(CCC(F)(F)F)N1C2CCC1CNC2. The molecule has 0 aromatic heterocycles. The molecule has 0 aliphatic carbocycles. The highest BCUT2D eigenvalue weighted by atomic mass is 32.2. The van der Waals surface area contributed by atoms with Crippen LogP contribution in [0.4, 0.5) is 13.2 Å². The number of rotatable bonds is 3. The van der Waals surface area contributed by atoms with E-state index in [0.717, 1.165) is 12.8 Å². The smallest absolute Gasteiger partial charge is 0.314 e. The third-order valence-electron chi connectivity index (χ3n) is 3.28. The third kappa shape index (κ3) is 4.32. The maximum atomic E-state index is 12.1. The van der Waals surface area contributed by atoms with Crippen molar-refractivity contribution in [3.63, 3.8) is 0 Å². The normalized spacial score (nSPS) is 27.8. The molecule has 2 fully saturated rings. The first-order chi connectivity index (χ1) is 8.80. The molecule has 2 heterocycles. The van der Waals surface area contributed by atoms with E-state index < -0.39 is 28.4 Å². The zero-order valence-corrected chi connectivity index (χ0v) is 12.0. The fourth-order valence-electron chi connectivity index (χ4n) is 2.54. The number of alkyl halides is 3. The Hall–Kier alpha value is -0.340. The number of hydrogen-bond acceptors (Lipinski definition) is 3. The Morgan fingerprint density at radius 1 is 1.16 bits per heavy atom. The summed E-state index contributed by atoms with van der Waals surface area (Å²) in [6.07, 6.45) is -4.20. The zero-order chi connectivity index (χ0) is 14.7. The van der Waals surface area contributed by atoms with Crippen molar-refractivity contribution in [2.75, 3.05) is 18.8 Å². The van der Waals surface area contributed by atoms with Gasteiger partial charge in [-0.3, -0.25) is 0 Å². The van der Waals surface area contributed by atoms with Crippen LogP contribution in [0.5, 0.6) is 0 Å². The Labute approximate surface area is 112 Å². The van der Waals surface area contributed by atoms with Crippen LogP contribution in [0.1, 0.15) is 33.1 Å². The maximum absolute atomic E-state index is 12.1. The summed E-state index contributed by atoms with van der Waals surface area (Å²) in [7, 11) is -3.78. The van der Waals surface area contributed by atoms with Crippen LogP contribution < -0.4 is 5.32 Å². The van der Waals surface area contributed by atoms with E-state index in [1.807, 2.05) is 13.8 Å². The minimum absolute atomic E-state index is 0.160. The van der Waals surface area contributed by atoms with Crippen LogP contribution in [-0.4, -0.2) is 49.8 Å². The van der Waals surface area contributed by atoms with Gasteiger partial charge in [-0.15, -0.1) is 0 Å². The molecule has 2 rings (SSSR count). The van der Waals surface area contributed by atoms with E-state index in [4.69, 9.17) is 0 Å². The zero-order valence-electron chi connectivity index (χ0n) is 11.2. The van der Waals surface area contributed by atoms with Crippen molar-refractivity contribution in [3.05, 3.63) is 0 Å². The minimum Gasteiger partial charge on any atom is -0.314 e. The van der Waals surface area contributed by atoms with Crippen molar-refractivity contribution in [2.45, 2.75) is 51.4 Å². The summed E-state index contributed by atoms with van der Waals surface area (Å²) in [5, 5.41) is 3.09. The van der Waals surface area contributed by atoms with Gasteiger partial charge in [0.05, 0.1) is 12.2 Å². The first-order valence-electron chi connectivity index (χ1n) is 6.58. The second-order valence-electron chi connectivity index (χ2n) is 4.55. The van der Waals surface area contributed by atoms with E-state index in [0.29, 0.717) is 13.1 Å². The van der Waals surface area contributed by atoms with Gasteiger partial charge in [-0.1, -0.05) is 13.8 Å². The average molecular weight is 302 g/mol. The summed E-state index contributed by atoms with van der Waals surface area (Å²) in [6, 6.07) is -0.320. The van der Waals surface area contributed by atoms with E-state index in [1.54, 1.807) is 0 Å². The predicted molar refractivity (Wildman–Crippen MR) is 67.3 cm³/mol. The van der Waals surface area contributed by atoms with E-state index in [9.17, 15) is 21.6 Å². The van der Waals surface area contributed by atoms with Crippen molar-refractivity contribution in [1.29, 1.82) is 0 Å². The molecule has 2 aliphatic heterocycles. The minimum atomic E-state index is -4.42. The number of hydrogen-bond donors (Lipinski definition) is 1. The molecule has 2 saturated heterocycles. The van der Waals surface area contributed by atoms with Gasteiger partial charge in [-0.2, -0.15) is 17.5 Å². The van der Waals surface area contributed by atoms with Crippen LogP contribution >= 0.6 is 0 Å². The fourth-order valence-corrected chi connectivity index (χ4v) is 4.51. The molecular weight excluding hydrogens is 281 g/mol. The molecule has 0 amide bonds. The Bertz CT molecular complexity index is 368. The number of sulfonamides is 1. The van der Waals surface area contributed by atoms with Gasteiger partial charge in [-0.05, 0) is 12.8 Å². The van der Waals surface area contributed by atoms with E-state index in [-0.39, 0.29) is 12.1 Å². The average Bonchev–Trinajstić information content (AvgIpc) is 2.61. The fraction of sp³-hybridized carbons (Fsp3) is 1.00. The summed E-state index contributed by atoms with van der Waals surface area (Å²) in [6.45, 7) is 5.09. The Morgan fingerprint density at radius 2 is 1.63 bits per heavy atom. The molecule has 114 valence electrons. The van der Waals surface area contributed by atoms with E-state index in [1.165, 1.54) is 4.31 Å². The van der Waals surface area contributed by atoms with Crippen molar-refractivity contribution in [1.82, 2.24) is 9.62 Å². The Morgan fingerprint density at radius 3 is 2.05 bits per heavy atom. The van der Waals surface area contributed by atoms with Crippen LogP contribution in [0.25, 0.3) is 0 Å². The van der Waals surface area contributed by atoms with Gasteiger partial charge >= 0.3 is 6.18 Å². The second-order valence-corrected chi connectivity index (χ2v) is 6.55. The molecule has 2 atom stereocenters. The van der Waals surface area contributed by atoms with Gasteiger partial charge in [0, 0.05) is 25.2 Å². The quantitative estimate of drug-likeness (QED) is 0.864. The van der Waals surface area contributed by atoms with Gasteiger partial charge < -0.3 is 5.32 Å². The van der Waals surface area contributed by atoms with Crippen molar-refractivity contribution < 1.29 is 21.6 Å². The van der Waals surface area contributed by atoms with E-state index >= 15 is 0 Å². The number of nitrogens with zero attached hydrogens (tertiary/aromatic N) is 1.